The van der Waals surface area contributed by atoms with Crippen LogP contribution in [0.4, 0.5) is 5.82 Å². The predicted octanol–water partition coefficient (Wildman–Crippen LogP) is 2.46. The Labute approximate surface area is 163 Å². The predicted molar refractivity (Wildman–Crippen MR) is 107 cm³/mol. The Morgan fingerprint density at radius 3 is 2.50 bits per heavy atom. The Hall–Kier alpha value is -3.16. The quantitative estimate of drug-likeness (QED) is 0.876. The SMILES string of the molecule is COc1cc(/C=C2\CCCN3Cc4c(n(C)[nH]c4=O)N=C23)cc(OC)c1OC. The molecule has 2 aromatic rings. The van der Waals surface area contributed by atoms with Crippen molar-refractivity contribution in [1.82, 2.24) is 14.7 Å². The molecule has 0 bridgehead atoms. The van der Waals surface area contributed by atoms with Gasteiger partial charge < -0.3 is 19.1 Å². The van der Waals surface area contributed by atoms with E-state index in [0.717, 1.165) is 41.9 Å². The number of amidine groups is 1. The second-order valence-corrected chi connectivity index (χ2v) is 6.89. The van der Waals surface area contributed by atoms with E-state index in [1.165, 1.54) is 0 Å². The third kappa shape index (κ3) is 2.94. The molecule has 1 saturated heterocycles. The number of aliphatic imine (C=N–C) groups is 1. The first-order chi connectivity index (χ1) is 13.5. The number of methoxy groups -OCH3 is 3. The second kappa shape index (κ2) is 7.10. The summed E-state index contributed by atoms with van der Waals surface area (Å²) in [6, 6.07) is 3.85. The van der Waals surface area contributed by atoms with Gasteiger partial charge in [-0.1, -0.05) is 0 Å². The summed E-state index contributed by atoms with van der Waals surface area (Å²) in [6.07, 6.45) is 4.03. The van der Waals surface area contributed by atoms with Gasteiger partial charge in [-0.05, 0) is 42.2 Å². The van der Waals surface area contributed by atoms with E-state index in [9.17, 15) is 4.79 Å². The van der Waals surface area contributed by atoms with Crippen molar-refractivity contribution >= 4 is 17.7 Å². The van der Waals surface area contributed by atoms with Crippen molar-refractivity contribution in [3.63, 3.8) is 0 Å². The molecule has 4 rings (SSSR count). The van der Waals surface area contributed by atoms with Crippen LogP contribution in [0.25, 0.3) is 6.08 Å². The van der Waals surface area contributed by atoms with Crippen molar-refractivity contribution < 1.29 is 14.2 Å². The topological polar surface area (TPSA) is 81.1 Å². The molecule has 0 atom stereocenters. The standard InChI is InChI=1S/C20H24N4O4/c1-23-19-14(20(25)22-23)11-24-7-5-6-13(18(24)21-19)8-12-9-15(26-2)17(28-4)16(10-12)27-3/h8-10H,5-7,11H2,1-4H3,(H,22,25)/b13-8+. The summed E-state index contributed by atoms with van der Waals surface area (Å²) < 4.78 is 18.0. The van der Waals surface area contributed by atoms with Crippen LogP contribution in [-0.4, -0.2) is 48.4 Å². The van der Waals surface area contributed by atoms with Gasteiger partial charge >= 0.3 is 0 Å². The maximum atomic E-state index is 12.1. The van der Waals surface area contributed by atoms with E-state index in [-0.39, 0.29) is 5.56 Å². The number of benzene rings is 1. The maximum absolute atomic E-state index is 12.1. The molecule has 3 heterocycles. The summed E-state index contributed by atoms with van der Waals surface area (Å²) >= 11 is 0. The number of H-pyrrole nitrogens is 1. The lowest BCUT2D eigenvalue weighted by Gasteiger charge is -2.34. The van der Waals surface area contributed by atoms with Gasteiger partial charge in [0.05, 0.1) is 33.4 Å². The van der Waals surface area contributed by atoms with Crippen LogP contribution in [0, 0.1) is 0 Å². The zero-order valence-electron chi connectivity index (χ0n) is 16.5. The van der Waals surface area contributed by atoms with E-state index in [4.69, 9.17) is 19.2 Å². The normalized spacial score (nSPS) is 17.1. The molecule has 0 saturated carbocycles. The van der Waals surface area contributed by atoms with Crippen LogP contribution in [0.15, 0.2) is 27.5 Å². The van der Waals surface area contributed by atoms with Crippen LogP contribution in [0.3, 0.4) is 0 Å². The number of aromatic nitrogens is 2. The minimum atomic E-state index is -0.0685. The van der Waals surface area contributed by atoms with Gasteiger partial charge in [0.2, 0.25) is 5.75 Å². The highest BCUT2D eigenvalue weighted by molar-refractivity contribution is 6.04. The first-order valence-electron chi connectivity index (χ1n) is 9.18. The average Bonchev–Trinajstić information content (AvgIpc) is 2.99. The highest BCUT2D eigenvalue weighted by atomic mass is 16.5. The Morgan fingerprint density at radius 2 is 1.86 bits per heavy atom. The van der Waals surface area contributed by atoms with Gasteiger partial charge in [-0.25, -0.2) is 4.99 Å². The summed E-state index contributed by atoms with van der Waals surface area (Å²) in [4.78, 5) is 19.1. The minimum absolute atomic E-state index is 0.0685. The van der Waals surface area contributed by atoms with E-state index in [0.29, 0.717) is 29.6 Å². The van der Waals surface area contributed by atoms with Crippen LogP contribution in [0.2, 0.25) is 0 Å². The van der Waals surface area contributed by atoms with Crippen LogP contribution in [-0.2, 0) is 13.6 Å². The van der Waals surface area contributed by atoms with Crippen LogP contribution < -0.4 is 19.8 Å². The van der Waals surface area contributed by atoms with Crippen molar-refractivity contribution in [2.45, 2.75) is 19.4 Å². The van der Waals surface area contributed by atoms with Crippen molar-refractivity contribution in [2.24, 2.45) is 12.0 Å². The molecule has 28 heavy (non-hydrogen) atoms. The molecule has 0 amide bonds. The first-order valence-corrected chi connectivity index (χ1v) is 9.18. The number of ether oxygens (including phenoxy) is 3. The fraction of sp³-hybridized carbons (Fsp3) is 0.400. The highest BCUT2D eigenvalue weighted by Crippen LogP contribution is 2.39. The Morgan fingerprint density at radius 1 is 1.14 bits per heavy atom. The molecule has 1 N–H and O–H groups in total. The van der Waals surface area contributed by atoms with Gasteiger partial charge in [0.25, 0.3) is 5.56 Å². The van der Waals surface area contributed by atoms with Gasteiger partial charge in [-0.2, -0.15) is 0 Å². The average molecular weight is 384 g/mol. The zero-order valence-corrected chi connectivity index (χ0v) is 16.5. The minimum Gasteiger partial charge on any atom is -0.493 e. The summed E-state index contributed by atoms with van der Waals surface area (Å²) in [5.41, 5.74) is 2.73. The van der Waals surface area contributed by atoms with Gasteiger partial charge in [0, 0.05) is 13.6 Å². The molecule has 0 unspecified atom stereocenters. The van der Waals surface area contributed by atoms with Crippen LogP contribution in [0.5, 0.6) is 17.2 Å². The third-order valence-electron chi connectivity index (χ3n) is 5.18. The van der Waals surface area contributed by atoms with E-state index in [1.807, 2.05) is 19.2 Å². The number of rotatable bonds is 4. The second-order valence-electron chi connectivity index (χ2n) is 6.89. The van der Waals surface area contributed by atoms with E-state index in [2.05, 4.69) is 16.1 Å². The fourth-order valence-electron chi connectivity index (χ4n) is 3.85. The summed E-state index contributed by atoms with van der Waals surface area (Å²) in [5.74, 6) is 3.42. The third-order valence-corrected chi connectivity index (χ3v) is 5.18. The highest BCUT2D eigenvalue weighted by Gasteiger charge is 2.29. The molecule has 8 nitrogen and oxygen atoms in total. The molecule has 148 valence electrons. The number of hydrogen-bond acceptors (Lipinski definition) is 6. The number of piperidine rings is 1. The van der Waals surface area contributed by atoms with Gasteiger partial charge in [0.1, 0.15) is 5.84 Å². The molecular weight excluding hydrogens is 360 g/mol. The van der Waals surface area contributed by atoms with Crippen LogP contribution in [0.1, 0.15) is 24.0 Å². The lowest BCUT2D eigenvalue weighted by molar-refractivity contribution is 0.324. The molecule has 1 aromatic heterocycles. The van der Waals surface area contributed by atoms with Crippen molar-refractivity contribution in [1.29, 1.82) is 0 Å². The van der Waals surface area contributed by atoms with Crippen molar-refractivity contribution in [3.8, 4) is 17.2 Å². The largest absolute Gasteiger partial charge is 0.493 e. The van der Waals surface area contributed by atoms with Crippen molar-refractivity contribution in [3.05, 3.63) is 39.2 Å². The maximum Gasteiger partial charge on any atom is 0.271 e. The number of nitrogens with zero attached hydrogens (tertiary/aromatic N) is 3. The van der Waals surface area contributed by atoms with Gasteiger partial charge in [-0.15, -0.1) is 0 Å². The first kappa shape index (κ1) is 18.2. The smallest absolute Gasteiger partial charge is 0.271 e. The number of hydrogen-bond donors (Lipinski definition) is 1. The van der Waals surface area contributed by atoms with E-state index >= 15 is 0 Å². The molecule has 1 aromatic carbocycles. The summed E-state index contributed by atoms with van der Waals surface area (Å²) in [5, 5.41) is 2.80. The Balaban J connectivity index is 1.80. The molecular formula is C20H24N4O4. The monoisotopic (exact) mass is 384 g/mol. The molecule has 0 radical (unpaired) electrons. The Bertz CT molecular complexity index is 1010. The number of aromatic amines is 1. The van der Waals surface area contributed by atoms with E-state index in [1.54, 1.807) is 26.0 Å². The molecule has 2 aliphatic heterocycles. The van der Waals surface area contributed by atoms with E-state index < -0.39 is 0 Å². The summed E-state index contributed by atoms with van der Waals surface area (Å²) in [6.45, 7) is 1.47. The van der Waals surface area contributed by atoms with Crippen molar-refractivity contribution in [2.75, 3.05) is 27.9 Å². The lowest BCUT2D eigenvalue weighted by atomic mass is 9.98. The lowest BCUT2D eigenvalue weighted by Crippen LogP contribution is -2.39. The Kier molecular flexibility index (Phi) is 4.62. The molecule has 0 aliphatic carbocycles. The summed E-state index contributed by atoms with van der Waals surface area (Å²) in [7, 11) is 6.61. The zero-order chi connectivity index (χ0) is 19.8. The van der Waals surface area contributed by atoms with Gasteiger partial charge in [-0.3, -0.25) is 14.6 Å². The number of nitrogens with one attached hydrogen (secondary N) is 1. The molecule has 8 heteroatoms. The fourth-order valence-corrected chi connectivity index (χ4v) is 3.85. The van der Waals surface area contributed by atoms with Gasteiger partial charge in [0.15, 0.2) is 17.3 Å². The number of aryl methyl sites for hydroxylation is 1. The molecule has 1 fully saturated rings. The number of fused-ring (bicyclic) bond motifs is 2. The molecule has 2 aliphatic rings. The van der Waals surface area contributed by atoms with Crippen LogP contribution >= 0.6 is 0 Å². The molecule has 0 spiro atoms.